The number of halogens is 1. The molecule has 2 N–H and O–H groups in total. The Kier molecular flexibility index (Phi) is 6.75. The number of allylic oxidation sites excluding steroid dienone is 2. The third kappa shape index (κ3) is 4.20. The maximum Gasteiger partial charge on any atom is 0.487 e. The van der Waals surface area contributed by atoms with Crippen LogP contribution in [0.2, 0.25) is 0 Å². The monoisotopic (exact) mass is 618 g/mol. The fourth-order valence-electron chi connectivity index (χ4n) is 5.90. The number of aromatic hydroxyl groups is 1. The van der Waals surface area contributed by atoms with E-state index in [0.29, 0.717) is 33.9 Å². The number of non-ortho nitro benzene ring substituents is 1. The first-order valence-electron chi connectivity index (χ1n) is 11.9. The van der Waals surface area contributed by atoms with Gasteiger partial charge in [-0.2, -0.15) is 0 Å². The average Bonchev–Trinajstić information content (AvgIpc) is 3.14. The van der Waals surface area contributed by atoms with E-state index >= 15 is 0 Å². The number of phenols is 1. The molecule has 3 aliphatic rings. The smallest absolute Gasteiger partial charge is 0.487 e. The van der Waals surface area contributed by atoms with Crippen LogP contribution in [0, 0.1) is 31.4 Å². The predicted molar refractivity (Wildman–Crippen MR) is 142 cm³/mol. The number of amides is 2. The molecular weight excluding hydrogens is 594 g/mol. The van der Waals surface area contributed by atoms with Crippen LogP contribution >= 0.6 is 22.6 Å². The molecule has 2 aliphatic heterocycles. The summed E-state index contributed by atoms with van der Waals surface area (Å²) in [6, 6.07) is 8.88. The third-order valence-electron chi connectivity index (χ3n) is 7.58. The summed E-state index contributed by atoms with van der Waals surface area (Å²) in [5, 5.41) is 32.6. The number of carbonyl (C=O) groups excluding carboxylic acids is 2. The lowest BCUT2D eigenvalue weighted by atomic mass is 9.55. The number of nitro groups is 1. The summed E-state index contributed by atoms with van der Waals surface area (Å²) in [5.74, 6) is -2.37. The number of ether oxygens (including phenoxy) is 1. The van der Waals surface area contributed by atoms with E-state index in [1.165, 1.54) is 31.4 Å². The maximum atomic E-state index is 13.8. The quantitative estimate of drug-likeness (QED) is 0.169. The molecular formula is C25H24BIN2O8. The molecule has 0 radical (unpaired) electrons. The summed E-state index contributed by atoms with van der Waals surface area (Å²) in [5.41, 5.74) is 2.16. The van der Waals surface area contributed by atoms with E-state index in [0.717, 1.165) is 10.5 Å². The Hall–Kier alpha value is -2.97. The second-order valence-electron chi connectivity index (χ2n) is 9.41. The van der Waals surface area contributed by atoms with Gasteiger partial charge in [-0.05, 0) is 77.0 Å². The molecule has 0 spiro atoms. The molecule has 2 aromatic rings. The van der Waals surface area contributed by atoms with Crippen LogP contribution in [0.1, 0.15) is 37.9 Å². The van der Waals surface area contributed by atoms with Crippen LogP contribution in [0.3, 0.4) is 0 Å². The first-order valence-corrected chi connectivity index (χ1v) is 13.0. The zero-order valence-corrected chi connectivity index (χ0v) is 22.2. The number of anilines is 1. The highest BCUT2D eigenvalue weighted by atomic mass is 127. The topological polar surface area (TPSA) is 139 Å². The van der Waals surface area contributed by atoms with Gasteiger partial charge in [0.15, 0.2) is 11.5 Å². The van der Waals surface area contributed by atoms with Gasteiger partial charge in [0.2, 0.25) is 11.8 Å². The molecule has 4 atom stereocenters. The van der Waals surface area contributed by atoms with E-state index in [1.54, 1.807) is 12.1 Å². The van der Waals surface area contributed by atoms with Crippen LogP contribution in [-0.4, -0.2) is 41.1 Å². The van der Waals surface area contributed by atoms with Gasteiger partial charge in [0.25, 0.3) is 5.69 Å². The van der Waals surface area contributed by atoms with Crippen LogP contribution in [-0.2, 0) is 14.2 Å². The lowest BCUT2D eigenvalue weighted by Gasteiger charge is -2.42. The van der Waals surface area contributed by atoms with Crippen molar-refractivity contribution < 1.29 is 34.0 Å². The number of carbonyl (C=O) groups is 2. The van der Waals surface area contributed by atoms with Gasteiger partial charge in [-0.1, -0.05) is 18.6 Å². The summed E-state index contributed by atoms with van der Waals surface area (Å²) < 4.78 is 11.8. The molecule has 0 saturated carbocycles. The lowest BCUT2D eigenvalue weighted by Crippen LogP contribution is -2.44. The van der Waals surface area contributed by atoms with Crippen molar-refractivity contribution in [2.75, 3.05) is 12.0 Å². The predicted octanol–water partition coefficient (Wildman–Crippen LogP) is 3.93. The Labute approximate surface area is 226 Å². The number of imide groups is 1. The standard InChI is InChI=1S/C25H24BIN2O8/c1-3-12-7-17-21(25(32)28(24(17)31)14-5-4-6-15(10-14)29(34)35)16-11-19(37-26(33)22(12)16)13-8-18(27)23(30)20(9-13)36-2/h4-6,8-10,16-17,19,21,30,33H,3,7,11H2,1-2H3/t16-,17-,19-,21+/m0/s1. The summed E-state index contributed by atoms with van der Waals surface area (Å²) in [6.07, 6.45) is 0.629. The van der Waals surface area contributed by atoms with Crippen molar-refractivity contribution in [1.29, 1.82) is 0 Å². The molecule has 2 saturated heterocycles. The summed E-state index contributed by atoms with van der Waals surface area (Å²) in [4.78, 5) is 39.1. The number of benzene rings is 2. The molecule has 0 aromatic heterocycles. The number of fused-ring (bicyclic) bond motifs is 3. The minimum absolute atomic E-state index is 0.000967. The molecule has 0 bridgehead atoms. The molecule has 5 rings (SSSR count). The van der Waals surface area contributed by atoms with Crippen LogP contribution in [0.15, 0.2) is 47.4 Å². The number of methoxy groups -OCH3 is 1. The average molecular weight is 618 g/mol. The molecule has 10 nitrogen and oxygen atoms in total. The molecule has 2 heterocycles. The van der Waals surface area contributed by atoms with Gasteiger partial charge in [-0.25, -0.2) is 4.90 Å². The molecule has 2 aromatic carbocycles. The van der Waals surface area contributed by atoms with E-state index in [-0.39, 0.29) is 28.8 Å². The van der Waals surface area contributed by atoms with Crippen LogP contribution in [0.4, 0.5) is 11.4 Å². The summed E-state index contributed by atoms with van der Waals surface area (Å²) in [7, 11) is 0.184. The number of hydrogen-bond acceptors (Lipinski definition) is 8. The largest absolute Gasteiger partial charge is 0.504 e. The number of phenolic OH excluding ortho intramolecular Hbond substituents is 1. The van der Waals surface area contributed by atoms with Crippen molar-refractivity contribution in [1.82, 2.24) is 0 Å². The van der Waals surface area contributed by atoms with Crippen molar-refractivity contribution >= 4 is 52.9 Å². The van der Waals surface area contributed by atoms with Crippen LogP contribution < -0.4 is 9.64 Å². The molecule has 12 heteroatoms. The lowest BCUT2D eigenvalue weighted by molar-refractivity contribution is -0.384. The van der Waals surface area contributed by atoms with Crippen molar-refractivity contribution in [3.63, 3.8) is 0 Å². The van der Waals surface area contributed by atoms with Gasteiger partial charge < -0.3 is 19.5 Å². The van der Waals surface area contributed by atoms with E-state index in [4.69, 9.17) is 9.39 Å². The molecule has 2 amide bonds. The third-order valence-corrected chi connectivity index (χ3v) is 8.40. The molecule has 37 heavy (non-hydrogen) atoms. The number of rotatable bonds is 5. The minimum Gasteiger partial charge on any atom is -0.504 e. The zero-order valence-electron chi connectivity index (χ0n) is 20.1. The highest BCUT2D eigenvalue weighted by Gasteiger charge is 2.58. The van der Waals surface area contributed by atoms with Gasteiger partial charge in [0.1, 0.15) is 0 Å². The molecule has 2 fully saturated rings. The molecule has 1 aliphatic carbocycles. The second kappa shape index (κ2) is 9.73. The minimum atomic E-state index is -1.26. The second-order valence-corrected chi connectivity index (χ2v) is 10.6. The van der Waals surface area contributed by atoms with E-state index in [1.807, 2.05) is 29.5 Å². The summed E-state index contributed by atoms with van der Waals surface area (Å²) in [6.45, 7) is 1.94. The van der Waals surface area contributed by atoms with E-state index in [2.05, 4.69) is 0 Å². The van der Waals surface area contributed by atoms with Gasteiger partial charge in [0, 0.05) is 12.1 Å². The maximum absolute atomic E-state index is 13.8. The fraction of sp³-hybridized carbons (Fsp3) is 0.360. The Morgan fingerprint density at radius 2 is 2.00 bits per heavy atom. The van der Waals surface area contributed by atoms with Crippen LogP contribution in [0.5, 0.6) is 11.5 Å². The van der Waals surface area contributed by atoms with Crippen molar-refractivity contribution in [2.24, 2.45) is 17.8 Å². The zero-order chi connectivity index (χ0) is 26.6. The van der Waals surface area contributed by atoms with Gasteiger partial charge in [-0.3, -0.25) is 19.7 Å². The highest BCUT2D eigenvalue weighted by Crippen LogP contribution is 2.53. The Balaban J connectivity index is 1.54. The molecule has 192 valence electrons. The normalized spacial score (nSPS) is 25.3. The Morgan fingerprint density at radius 3 is 2.68 bits per heavy atom. The van der Waals surface area contributed by atoms with Gasteiger partial charge in [-0.15, -0.1) is 0 Å². The van der Waals surface area contributed by atoms with E-state index < -0.39 is 41.8 Å². The number of nitrogens with zero attached hydrogens (tertiary/aromatic N) is 2. The number of nitro benzene ring substituents is 1. The SMILES string of the molecule is CCC1=C2B(O)O[C@H](c3cc(I)c(O)c(OC)c3)C[C@H]2[C@H]2C(=O)N(c3cccc([N+](=O)[O-])c3)C(=O)[C@H]2C1. The van der Waals surface area contributed by atoms with Gasteiger partial charge >= 0.3 is 7.12 Å². The van der Waals surface area contributed by atoms with Crippen molar-refractivity contribution in [2.45, 2.75) is 32.3 Å². The van der Waals surface area contributed by atoms with Gasteiger partial charge in [0.05, 0.1) is 39.2 Å². The number of hydrogen-bond donors (Lipinski definition) is 2. The van der Waals surface area contributed by atoms with Crippen molar-refractivity contribution in [3.05, 3.63) is 66.7 Å². The van der Waals surface area contributed by atoms with Crippen molar-refractivity contribution in [3.8, 4) is 11.5 Å². The Bertz CT molecular complexity index is 1350. The summed E-state index contributed by atoms with van der Waals surface area (Å²) >= 11 is 1.98. The highest BCUT2D eigenvalue weighted by molar-refractivity contribution is 14.1. The molecule has 0 unspecified atom stereocenters. The first kappa shape index (κ1) is 25.7. The van der Waals surface area contributed by atoms with E-state index in [9.17, 15) is 29.8 Å². The van der Waals surface area contributed by atoms with Crippen LogP contribution in [0.25, 0.3) is 0 Å². The Morgan fingerprint density at radius 1 is 1.24 bits per heavy atom. The fourth-order valence-corrected chi connectivity index (χ4v) is 6.53. The first-order chi connectivity index (χ1) is 17.7.